The highest BCUT2D eigenvalue weighted by atomic mass is 16.5. The molecule has 174 valence electrons. The number of carbonyl (C=O) groups excluding carboxylic acids is 2. The van der Waals surface area contributed by atoms with Crippen LogP contribution in [-0.4, -0.2) is 30.7 Å². The minimum absolute atomic E-state index is 0.0159. The molecule has 0 radical (unpaired) electrons. The first-order chi connectivity index (χ1) is 15.9. The van der Waals surface area contributed by atoms with E-state index in [1.165, 1.54) is 13.5 Å². The fraction of sp³-hybridized carbons (Fsp3) is 0.320. The van der Waals surface area contributed by atoms with Gasteiger partial charge < -0.3 is 26.8 Å². The number of nitrogens with two attached hydrogens (primary N) is 2. The molecule has 2 amide bonds. The molecule has 0 aliphatic heterocycles. The Labute approximate surface area is 193 Å². The normalized spacial score (nSPS) is 14.7. The second kappa shape index (κ2) is 11.2. The summed E-state index contributed by atoms with van der Waals surface area (Å²) in [4.78, 5) is 24.5. The largest absolute Gasteiger partial charge is 0.496 e. The predicted molar refractivity (Wildman–Crippen MR) is 128 cm³/mol. The number of hydrogen-bond donors (Lipinski definition) is 5. The Kier molecular flexibility index (Phi) is 8.07. The van der Waals surface area contributed by atoms with Crippen LogP contribution >= 0.6 is 0 Å². The molecule has 0 atom stereocenters. The molecule has 0 spiro atoms. The van der Waals surface area contributed by atoms with Crippen LogP contribution in [0.1, 0.15) is 53.6 Å². The molecular formula is C25H31N5O3. The third-order valence-electron chi connectivity index (χ3n) is 5.78. The van der Waals surface area contributed by atoms with Gasteiger partial charge in [0, 0.05) is 18.2 Å². The molecule has 33 heavy (non-hydrogen) atoms. The maximum absolute atomic E-state index is 12.5. The molecule has 8 heteroatoms. The van der Waals surface area contributed by atoms with E-state index in [1.54, 1.807) is 48.5 Å². The Morgan fingerprint density at radius 2 is 1.70 bits per heavy atom. The Balaban J connectivity index is 1.67. The van der Waals surface area contributed by atoms with Crippen LogP contribution in [-0.2, 0) is 11.3 Å². The second-order valence-electron chi connectivity index (χ2n) is 8.09. The van der Waals surface area contributed by atoms with Crippen LogP contribution in [0.2, 0.25) is 0 Å². The number of hydrogen-bond acceptors (Lipinski definition) is 6. The van der Waals surface area contributed by atoms with Gasteiger partial charge in [-0.25, -0.2) is 0 Å². The number of carbonyl (C=O) groups is 2. The molecule has 7 N–H and O–H groups in total. The van der Waals surface area contributed by atoms with Gasteiger partial charge in [-0.1, -0.05) is 55.7 Å². The van der Waals surface area contributed by atoms with Crippen LogP contribution < -0.4 is 26.8 Å². The fourth-order valence-corrected chi connectivity index (χ4v) is 3.97. The minimum Gasteiger partial charge on any atom is -0.496 e. The van der Waals surface area contributed by atoms with E-state index in [0.717, 1.165) is 31.2 Å². The number of ether oxygens (including phenoxy) is 1. The van der Waals surface area contributed by atoms with Crippen molar-refractivity contribution in [3.8, 4) is 5.75 Å². The van der Waals surface area contributed by atoms with Crippen LogP contribution in [0.4, 0.5) is 0 Å². The highest BCUT2D eigenvalue weighted by molar-refractivity contribution is 6.26. The lowest BCUT2D eigenvalue weighted by atomic mass is 9.95. The van der Waals surface area contributed by atoms with Crippen molar-refractivity contribution in [2.24, 2.45) is 11.5 Å². The van der Waals surface area contributed by atoms with Gasteiger partial charge in [0.2, 0.25) is 0 Å². The average molecular weight is 450 g/mol. The van der Waals surface area contributed by atoms with Gasteiger partial charge in [0.1, 0.15) is 17.1 Å². The quantitative estimate of drug-likeness (QED) is 0.295. The van der Waals surface area contributed by atoms with Crippen molar-refractivity contribution in [2.75, 3.05) is 7.11 Å². The lowest BCUT2D eigenvalue weighted by Crippen LogP contribution is -2.38. The van der Waals surface area contributed by atoms with E-state index < -0.39 is 5.91 Å². The van der Waals surface area contributed by atoms with Gasteiger partial charge in [0.15, 0.2) is 0 Å². The number of nitrogens with one attached hydrogen (secondary N) is 3. The summed E-state index contributed by atoms with van der Waals surface area (Å²) in [5, 5.41) is 14.5. The Morgan fingerprint density at radius 3 is 2.33 bits per heavy atom. The van der Waals surface area contributed by atoms with Crippen LogP contribution in [0.25, 0.3) is 0 Å². The zero-order valence-electron chi connectivity index (χ0n) is 18.8. The summed E-state index contributed by atoms with van der Waals surface area (Å²) in [5.74, 6) is -0.338. The molecule has 3 rings (SSSR count). The second-order valence-corrected chi connectivity index (χ2v) is 8.09. The number of primary amides is 1. The lowest BCUT2D eigenvalue weighted by molar-refractivity contribution is -0.114. The molecule has 0 saturated heterocycles. The predicted octanol–water partition coefficient (Wildman–Crippen LogP) is 2.57. The van der Waals surface area contributed by atoms with Gasteiger partial charge in [0.05, 0.1) is 18.4 Å². The molecule has 0 aromatic heterocycles. The molecule has 1 fully saturated rings. The van der Waals surface area contributed by atoms with E-state index >= 15 is 0 Å². The van der Waals surface area contributed by atoms with Crippen LogP contribution in [0.3, 0.4) is 0 Å². The van der Waals surface area contributed by atoms with E-state index in [2.05, 4.69) is 10.6 Å². The topological polar surface area (TPSA) is 143 Å². The molecule has 1 saturated carbocycles. The molecule has 2 aromatic carbocycles. The molecular weight excluding hydrogens is 418 g/mol. The van der Waals surface area contributed by atoms with Crippen molar-refractivity contribution in [3.05, 3.63) is 76.6 Å². The maximum Gasteiger partial charge on any atom is 0.255 e. The summed E-state index contributed by atoms with van der Waals surface area (Å²) in [6.45, 7) is 0.300. The zero-order chi connectivity index (χ0) is 23.8. The molecule has 1 aliphatic carbocycles. The van der Waals surface area contributed by atoms with Crippen molar-refractivity contribution >= 4 is 17.5 Å². The summed E-state index contributed by atoms with van der Waals surface area (Å²) < 4.78 is 5.23. The first-order valence-electron chi connectivity index (χ1n) is 11.1. The number of amides is 2. The van der Waals surface area contributed by atoms with E-state index in [9.17, 15) is 9.59 Å². The smallest absolute Gasteiger partial charge is 0.255 e. The third-order valence-corrected chi connectivity index (χ3v) is 5.78. The van der Waals surface area contributed by atoms with Crippen molar-refractivity contribution < 1.29 is 14.3 Å². The highest BCUT2D eigenvalue weighted by Crippen LogP contribution is 2.20. The molecule has 0 bridgehead atoms. The summed E-state index contributed by atoms with van der Waals surface area (Å²) >= 11 is 0. The van der Waals surface area contributed by atoms with Crippen molar-refractivity contribution in [1.29, 1.82) is 5.41 Å². The van der Waals surface area contributed by atoms with Gasteiger partial charge in [-0.05, 0) is 30.5 Å². The molecule has 0 heterocycles. The molecule has 0 unspecified atom stereocenters. The number of para-hydroxylation sites is 1. The highest BCUT2D eigenvalue weighted by Gasteiger charge is 2.21. The lowest BCUT2D eigenvalue weighted by Gasteiger charge is -2.25. The van der Waals surface area contributed by atoms with Gasteiger partial charge in [-0.15, -0.1) is 0 Å². The average Bonchev–Trinajstić information content (AvgIpc) is 2.83. The zero-order valence-corrected chi connectivity index (χ0v) is 18.8. The Morgan fingerprint density at radius 1 is 1.03 bits per heavy atom. The monoisotopic (exact) mass is 449 g/mol. The Bertz CT molecular complexity index is 1040. The van der Waals surface area contributed by atoms with E-state index in [1.807, 2.05) is 0 Å². The number of rotatable bonds is 9. The number of benzene rings is 2. The summed E-state index contributed by atoms with van der Waals surface area (Å²) in [7, 11) is 1.52. The first kappa shape index (κ1) is 23.8. The summed E-state index contributed by atoms with van der Waals surface area (Å²) in [6.07, 6.45) is 5.39. The van der Waals surface area contributed by atoms with Gasteiger partial charge >= 0.3 is 0 Å². The minimum atomic E-state index is -0.742. The van der Waals surface area contributed by atoms with E-state index in [-0.39, 0.29) is 29.1 Å². The standard InChI is InChI=1S/C25H31N5O3/c1-33-20-10-6-5-9-19(20)25(32)29-15-16-11-13-17(14-12-16)22(26)21(24(28)31)23(27)30-18-7-3-2-4-8-18/h5-6,9-14,18,26,30H,2-4,7-8,15,27H2,1H3,(H2,28,31)(H,29,32)/b23-21+,26-22?. The van der Waals surface area contributed by atoms with E-state index in [4.69, 9.17) is 21.6 Å². The van der Waals surface area contributed by atoms with Crippen LogP contribution in [0, 0.1) is 5.41 Å². The van der Waals surface area contributed by atoms with Crippen molar-refractivity contribution in [2.45, 2.75) is 44.7 Å². The first-order valence-corrected chi connectivity index (χ1v) is 11.1. The Hall–Kier alpha value is -3.81. The van der Waals surface area contributed by atoms with Gasteiger partial charge in [-0.2, -0.15) is 0 Å². The van der Waals surface area contributed by atoms with E-state index in [0.29, 0.717) is 23.4 Å². The van der Waals surface area contributed by atoms with Gasteiger partial charge in [0.25, 0.3) is 11.8 Å². The maximum atomic E-state index is 12.5. The molecule has 2 aromatic rings. The molecule has 8 nitrogen and oxygen atoms in total. The van der Waals surface area contributed by atoms with Crippen LogP contribution in [0.15, 0.2) is 59.9 Å². The summed E-state index contributed by atoms with van der Waals surface area (Å²) in [5.41, 5.74) is 13.5. The van der Waals surface area contributed by atoms with Gasteiger partial charge in [-0.3, -0.25) is 15.0 Å². The third kappa shape index (κ3) is 6.12. The van der Waals surface area contributed by atoms with Crippen LogP contribution in [0.5, 0.6) is 5.75 Å². The summed E-state index contributed by atoms with van der Waals surface area (Å²) in [6, 6.07) is 14.2. The SMILES string of the molecule is COc1ccccc1C(=O)NCc1ccc(C(=N)/C(C(N)=O)=C(/N)NC2CCCCC2)cc1. The number of methoxy groups -OCH3 is 1. The van der Waals surface area contributed by atoms with Crippen molar-refractivity contribution in [1.82, 2.24) is 10.6 Å². The van der Waals surface area contributed by atoms with Crippen molar-refractivity contribution in [3.63, 3.8) is 0 Å². The molecule has 1 aliphatic rings. The fourth-order valence-electron chi connectivity index (χ4n) is 3.97.